The van der Waals surface area contributed by atoms with Crippen molar-refractivity contribution in [3.63, 3.8) is 0 Å². The molecular weight excluding hydrogens is 213 g/mol. The predicted octanol–water partition coefficient (Wildman–Crippen LogP) is 1.94. The topological polar surface area (TPSA) is 4.93 Å². The molecule has 1 heterocycles. The van der Waals surface area contributed by atoms with E-state index in [1.54, 1.807) is 0 Å². The summed E-state index contributed by atoms with van der Waals surface area (Å²) in [5.41, 5.74) is 1.31. The molecule has 0 aliphatic carbocycles. The first kappa shape index (κ1) is 6.13. The lowest BCUT2D eigenvalue weighted by molar-refractivity contribution is 0.881. The molecule has 1 rings (SSSR count). The molecule has 44 valence electrons. The number of aryl methyl sites for hydroxylation is 2. The first-order valence-electron chi connectivity index (χ1n) is 2.48. The van der Waals surface area contributed by atoms with Crippen molar-refractivity contribution in [2.45, 2.75) is 6.92 Å². The van der Waals surface area contributed by atoms with Gasteiger partial charge in [-0.2, -0.15) is 0 Å². The van der Waals surface area contributed by atoms with E-state index in [0.717, 1.165) is 0 Å². The van der Waals surface area contributed by atoms with Crippen molar-refractivity contribution >= 4 is 22.6 Å². The monoisotopic (exact) mass is 221 g/mol. The summed E-state index contributed by atoms with van der Waals surface area (Å²) in [5, 5.41) is 0. The Morgan fingerprint density at radius 1 is 1.62 bits per heavy atom. The quantitative estimate of drug-likeness (QED) is 0.590. The number of nitrogens with zero attached hydrogens (tertiary/aromatic N) is 1. The Hall–Kier alpha value is 0.01000. The van der Waals surface area contributed by atoms with Gasteiger partial charge >= 0.3 is 0 Å². The third-order valence-electron chi connectivity index (χ3n) is 1.22. The summed E-state index contributed by atoms with van der Waals surface area (Å²) in [7, 11) is 2.05. The summed E-state index contributed by atoms with van der Waals surface area (Å²) in [6, 6.07) is 2.15. The van der Waals surface area contributed by atoms with Crippen LogP contribution in [0.15, 0.2) is 12.3 Å². The van der Waals surface area contributed by atoms with Gasteiger partial charge in [0.1, 0.15) is 0 Å². The fourth-order valence-electron chi connectivity index (χ4n) is 0.625. The molecule has 0 N–H and O–H groups in total. The fourth-order valence-corrected chi connectivity index (χ4v) is 1.49. The lowest BCUT2D eigenvalue weighted by Gasteiger charge is -1.89. The zero-order chi connectivity index (χ0) is 6.15. The minimum atomic E-state index is 1.31. The van der Waals surface area contributed by atoms with Gasteiger partial charge in [-0.3, -0.25) is 0 Å². The van der Waals surface area contributed by atoms with E-state index < -0.39 is 0 Å². The second-order valence-electron chi connectivity index (χ2n) is 1.91. The van der Waals surface area contributed by atoms with Crippen molar-refractivity contribution in [1.82, 2.24) is 4.57 Å². The SMILES string of the molecule is Cc1cc(I)cn1C. The lowest BCUT2D eigenvalue weighted by Crippen LogP contribution is -1.84. The Labute approximate surface area is 62.8 Å². The molecule has 1 aromatic rings. The second-order valence-corrected chi connectivity index (χ2v) is 3.16. The normalized spacial score (nSPS) is 9.88. The van der Waals surface area contributed by atoms with Gasteiger partial charge < -0.3 is 4.57 Å². The molecule has 0 saturated carbocycles. The van der Waals surface area contributed by atoms with E-state index >= 15 is 0 Å². The van der Waals surface area contributed by atoms with Gasteiger partial charge in [0.05, 0.1) is 0 Å². The summed E-state index contributed by atoms with van der Waals surface area (Å²) in [4.78, 5) is 0. The van der Waals surface area contributed by atoms with Gasteiger partial charge in [0.2, 0.25) is 0 Å². The molecular formula is C6H8IN. The molecule has 0 aliphatic rings. The number of hydrogen-bond donors (Lipinski definition) is 0. The third kappa shape index (κ3) is 1.05. The predicted molar refractivity (Wildman–Crippen MR) is 42.9 cm³/mol. The minimum Gasteiger partial charge on any atom is -0.354 e. The summed E-state index contributed by atoms with van der Waals surface area (Å²) in [6.07, 6.45) is 2.11. The molecule has 1 nitrogen and oxygen atoms in total. The molecule has 1 aromatic heterocycles. The highest BCUT2D eigenvalue weighted by molar-refractivity contribution is 14.1. The molecule has 0 radical (unpaired) electrons. The highest BCUT2D eigenvalue weighted by Crippen LogP contribution is 2.07. The standard InChI is InChI=1S/C6H8IN/c1-5-3-6(7)4-8(5)2/h3-4H,1-2H3. The molecule has 8 heavy (non-hydrogen) atoms. The van der Waals surface area contributed by atoms with Crippen LogP contribution in [0.25, 0.3) is 0 Å². The van der Waals surface area contributed by atoms with Gasteiger partial charge in [0, 0.05) is 22.5 Å². The highest BCUT2D eigenvalue weighted by Gasteiger charge is 1.91. The van der Waals surface area contributed by atoms with Crippen molar-refractivity contribution in [2.75, 3.05) is 0 Å². The molecule has 0 fully saturated rings. The molecule has 0 unspecified atom stereocenters. The number of aromatic nitrogens is 1. The van der Waals surface area contributed by atoms with Crippen LogP contribution in [0.1, 0.15) is 5.69 Å². The number of hydrogen-bond acceptors (Lipinski definition) is 0. The molecule has 0 aromatic carbocycles. The molecule has 0 bridgehead atoms. The maximum atomic E-state index is 2.31. The van der Waals surface area contributed by atoms with Gasteiger partial charge in [-0.1, -0.05) is 0 Å². The van der Waals surface area contributed by atoms with Crippen LogP contribution in [-0.2, 0) is 7.05 Å². The Morgan fingerprint density at radius 3 is 2.38 bits per heavy atom. The van der Waals surface area contributed by atoms with E-state index in [1.165, 1.54) is 9.26 Å². The smallest absolute Gasteiger partial charge is 0.0309 e. The Morgan fingerprint density at radius 2 is 2.25 bits per heavy atom. The lowest BCUT2D eigenvalue weighted by atomic mass is 10.5. The fraction of sp³-hybridized carbons (Fsp3) is 0.333. The average molecular weight is 221 g/mol. The summed E-state index contributed by atoms with van der Waals surface area (Å²) < 4.78 is 3.42. The van der Waals surface area contributed by atoms with E-state index in [2.05, 4.69) is 53.4 Å². The van der Waals surface area contributed by atoms with Gasteiger partial charge in [-0.05, 0) is 35.6 Å². The summed E-state index contributed by atoms with van der Waals surface area (Å²) in [6.45, 7) is 2.10. The molecule has 0 amide bonds. The number of halogens is 1. The van der Waals surface area contributed by atoms with Crippen molar-refractivity contribution < 1.29 is 0 Å². The van der Waals surface area contributed by atoms with Crippen LogP contribution in [0.2, 0.25) is 0 Å². The summed E-state index contributed by atoms with van der Waals surface area (Å²) >= 11 is 2.31. The largest absolute Gasteiger partial charge is 0.354 e. The Balaban J connectivity index is 3.14. The molecule has 0 spiro atoms. The molecule has 0 atom stereocenters. The van der Waals surface area contributed by atoms with Crippen molar-refractivity contribution in [3.05, 3.63) is 21.5 Å². The van der Waals surface area contributed by atoms with Gasteiger partial charge in [-0.25, -0.2) is 0 Å². The van der Waals surface area contributed by atoms with Gasteiger partial charge in [0.15, 0.2) is 0 Å². The van der Waals surface area contributed by atoms with Crippen LogP contribution in [-0.4, -0.2) is 4.57 Å². The molecule has 2 heteroatoms. The van der Waals surface area contributed by atoms with E-state index in [1.807, 2.05) is 0 Å². The first-order valence-corrected chi connectivity index (χ1v) is 3.56. The van der Waals surface area contributed by atoms with Gasteiger partial charge in [-0.15, -0.1) is 0 Å². The molecule has 0 saturated heterocycles. The van der Waals surface area contributed by atoms with E-state index in [9.17, 15) is 0 Å². The maximum Gasteiger partial charge on any atom is 0.0309 e. The van der Waals surface area contributed by atoms with Crippen molar-refractivity contribution in [2.24, 2.45) is 7.05 Å². The van der Waals surface area contributed by atoms with Crippen LogP contribution in [0.4, 0.5) is 0 Å². The average Bonchev–Trinajstić information content (AvgIpc) is 1.85. The van der Waals surface area contributed by atoms with Crippen molar-refractivity contribution in [3.8, 4) is 0 Å². The van der Waals surface area contributed by atoms with Crippen molar-refractivity contribution in [1.29, 1.82) is 0 Å². The van der Waals surface area contributed by atoms with Crippen LogP contribution < -0.4 is 0 Å². The second kappa shape index (κ2) is 2.09. The highest BCUT2D eigenvalue weighted by atomic mass is 127. The molecule has 0 aliphatic heterocycles. The zero-order valence-electron chi connectivity index (χ0n) is 4.98. The minimum absolute atomic E-state index is 1.31. The van der Waals surface area contributed by atoms with Crippen LogP contribution >= 0.6 is 22.6 Å². The first-order chi connectivity index (χ1) is 3.70. The number of rotatable bonds is 0. The van der Waals surface area contributed by atoms with Gasteiger partial charge in [0.25, 0.3) is 0 Å². The van der Waals surface area contributed by atoms with E-state index in [-0.39, 0.29) is 0 Å². The third-order valence-corrected chi connectivity index (χ3v) is 1.81. The zero-order valence-corrected chi connectivity index (χ0v) is 7.14. The van der Waals surface area contributed by atoms with E-state index in [4.69, 9.17) is 0 Å². The maximum absolute atomic E-state index is 2.31. The van der Waals surface area contributed by atoms with Crippen LogP contribution in [0.5, 0.6) is 0 Å². The Kier molecular flexibility index (Phi) is 1.60. The summed E-state index contributed by atoms with van der Waals surface area (Å²) in [5.74, 6) is 0. The van der Waals surface area contributed by atoms with Crippen LogP contribution in [0.3, 0.4) is 0 Å². The van der Waals surface area contributed by atoms with E-state index in [0.29, 0.717) is 0 Å². The Bertz CT molecular complexity index is 171. The van der Waals surface area contributed by atoms with Crippen LogP contribution in [0, 0.1) is 10.5 Å².